The summed E-state index contributed by atoms with van der Waals surface area (Å²) in [5.41, 5.74) is -0.674. The van der Waals surface area contributed by atoms with Gasteiger partial charge in [0.25, 0.3) is 9.70 Å². The predicted octanol–water partition coefficient (Wildman–Crippen LogP) is 0.0335. The molecule has 4 N–H and O–H groups in total. The maximum Gasteiger partial charge on any atom is 0.272 e. The Morgan fingerprint density at radius 1 is 1.35 bits per heavy atom. The topological polar surface area (TPSA) is 99.0 Å². The van der Waals surface area contributed by atoms with Gasteiger partial charge in [0.1, 0.15) is 23.7 Å². The van der Waals surface area contributed by atoms with Crippen molar-refractivity contribution in [2.45, 2.75) is 40.5 Å². The first-order valence-corrected chi connectivity index (χ1v) is 8.02. The van der Waals surface area contributed by atoms with Crippen molar-refractivity contribution in [1.82, 2.24) is 5.32 Å². The van der Waals surface area contributed by atoms with Crippen LogP contribution in [0.25, 0.3) is 0 Å². The van der Waals surface area contributed by atoms with E-state index in [-0.39, 0.29) is 0 Å². The Morgan fingerprint density at radius 3 is 2.40 bits per heavy atom. The second-order valence-corrected chi connectivity index (χ2v) is 7.82. The molecule has 118 valence electrons. The van der Waals surface area contributed by atoms with Crippen molar-refractivity contribution in [3.63, 3.8) is 0 Å². The average Bonchev–Trinajstić information content (AvgIpc) is 2.36. The number of alkyl halides is 3. The van der Waals surface area contributed by atoms with E-state index in [2.05, 4.69) is 5.32 Å². The first kappa shape index (κ1) is 18.6. The number of hydrogen-bond donors (Lipinski definition) is 4. The first-order chi connectivity index (χ1) is 9.22. The molecule has 0 aromatic heterocycles. The second kappa shape index (κ2) is 7.69. The van der Waals surface area contributed by atoms with Gasteiger partial charge in [-0.15, -0.1) is 11.8 Å². The highest BCUT2D eigenvalue weighted by Gasteiger charge is 2.46. The molecule has 0 radical (unpaired) electrons. The molecule has 10 heteroatoms. The van der Waals surface area contributed by atoms with Gasteiger partial charge in [0, 0.05) is 0 Å². The van der Waals surface area contributed by atoms with Gasteiger partial charge in [-0.2, -0.15) is 0 Å². The van der Waals surface area contributed by atoms with Crippen LogP contribution >= 0.6 is 46.6 Å². The predicted molar refractivity (Wildman–Crippen MR) is 78.1 cm³/mol. The van der Waals surface area contributed by atoms with Gasteiger partial charge in [-0.1, -0.05) is 41.7 Å². The normalized spacial score (nSPS) is 34.9. The molecule has 5 unspecified atom stereocenters. The van der Waals surface area contributed by atoms with Crippen LogP contribution in [-0.4, -0.2) is 67.2 Å². The molecule has 1 saturated heterocycles. The maximum atomic E-state index is 11.7. The lowest BCUT2D eigenvalue weighted by molar-refractivity contribution is -0.173. The zero-order valence-electron chi connectivity index (χ0n) is 10.5. The molecule has 6 nitrogen and oxygen atoms in total. The Kier molecular flexibility index (Phi) is 7.14. The standard InChI is InChI=1S/C10H16Cl3NO5S/c1-2-20-8-5(14-9(18)10(11,12)13)7(17)6(16)4(3-15)19-8/h4-8,15-17H,2-3H2,1H3,(H,14,18). The minimum atomic E-state index is -2.18. The first-order valence-electron chi connectivity index (χ1n) is 5.84. The molecule has 0 aromatic rings. The van der Waals surface area contributed by atoms with Crippen LogP contribution in [0.2, 0.25) is 0 Å². The van der Waals surface area contributed by atoms with Gasteiger partial charge in [-0.05, 0) is 5.75 Å². The van der Waals surface area contributed by atoms with Crippen molar-refractivity contribution in [3.05, 3.63) is 0 Å². The molecule has 0 bridgehead atoms. The lowest BCUT2D eigenvalue weighted by atomic mass is 9.98. The Labute approximate surface area is 135 Å². The lowest BCUT2D eigenvalue weighted by Crippen LogP contribution is -2.64. The van der Waals surface area contributed by atoms with Crippen molar-refractivity contribution >= 4 is 52.5 Å². The molecule has 1 aliphatic heterocycles. The minimum absolute atomic E-state index is 0.454. The van der Waals surface area contributed by atoms with E-state index >= 15 is 0 Å². The Morgan fingerprint density at radius 2 is 1.95 bits per heavy atom. The van der Waals surface area contributed by atoms with Gasteiger partial charge in [-0.25, -0.2) is 0 Å². The molecule has 20 heavy (non-hydrogen) atoms. The van der Waals surface area contributed by atoms with Gasteiger partial charge in [-0.3, -0.25) is 4.79 Å². The van der Waals surface area contributed by atoms with Crippen LogP contribution in [0, 0.1) is 0 Å². The van der Waals surface area contributed by atoms with Gasteiger partial charge in [0.05, 0.1) is 12.6 Å². The smallest absolute Gasteiger partial charge is 0.272 e. The SMILES string of the molecule is CCSC1OC(CO)C(O)C(O)C1NC(=O)C(Cl)(Cl)Cl. The third kappa shape index (κ3) is 4.51. The summed E-state index contributed by atoms with van der Waals surface area (Å²) in [5, 5.41) is 31.3. The van der Waals surface area contributed by atoms with Crippen molar-refractivity contribution in [1.29, 1.82) is 0 Å². The number of hydrogen-bond acceptors (Lipinski definition) is 6. The number of carbonyl (C=O) groups excluding carboxylic acids is 1. The van der Waals surface area contributed by atoms with Crippen LogP contribution in [-0.2, 0) is 9.53 Å². The quantitative estimate of drug-likeness (QED) is 0.523. The Hall–Kier alpha value is 0.530. The molecule has 1 rings (SSSR count). The van der Waals surface area contributed by atoms with Crippen molar-refractivity contribution < 1.29 is 24.9 Å². The van der Waals surface area contributed by atoms with Crippen molar-refractivity contribution in [2.24, 2.45) is 0 Å². The fourth-order valence-corrected chi connectivity index (χ4v) is 2.93. The Balaban J connectivity index is 2.86. The zero-order valence-corrected chi connectivity index (χ0v) is 13.6. The summed E-state index contributed by atoms with van der Waals surface area (Å²) in [7, 11) is 0. The van der Waals surface area contributed by atoms with E-state index in [0.29, 0.717) is 5.75 Å². The second-order valence-electron chi connectivity index (χ2n) is 4.16. The molecular weight excluding hydrogens is 353 g/mol. The van der Waals surface area contributed by atoms with E-state index in [0.717, 1.165) is 0 Å². The number of rotatable bonds is 4. The Bertz CT molecular complexity index is 343. The fourth-order valence-electron chi connectivity index (χ4n) is 1.78. The van der Waals surface area contributed by atoms with E-state index < -0.39 is 46.1 Å². The minimum Gasteiger partial charge on any atom is -0.394 e. The zero-order chi connectivity index (χ0) is 15.5. The molecule has 1 heterocycles. The average molecular weight is 369 g/mol. The van der Waals surface area contributed by atoms with Crippen molar-refractivity contribution in [3.8, 4) is 0 Å². The van der Waals surface area contributed by atoms with Crippen LogP contribution in [0.3, 0.4) is 0 Å². The third-order valence-electron chi connectivity index (χ3n) is 2.77. The lowest BCUT2D eigenvalue weighted by Gasteiger charge is -2.42. The molecule has 5 atom stereocenters. The number of nitrogens with one attached hydrogen (secondary N) is 1. The molecule has 0 spiro atoms. The van der Waals surface area contributed by atoms with Gasteiger partial charge in [0.2, 0.25) is 0 Å². The van der Waals surface area contributed by atoms with E-state index in [9.17, 15) is 15.0 Å². The number of aliphatic hydroxyl groups excluding tert-OH is 3. The number of halogens is 3. The number of ether oxygens (including phenoxy) is 1. The summed E-state index contributed by atoms with van der Waals surface area (Å²) in [6.07, 6.45) is -3.63. The third-order valence-corrected chi connectivity index (χ3v) is 4.35. The fraction of sp³-hybridized carbons (Fsp3) is 0.900. The van der Waals surface area contributed by atoms with E-state index in [1.807, 2.05) is 6.92 Å². The molecule has 1 fully saturated rings. The number of aliphatic hydroxyl groups is 3. The van der Waals surface area contributed by atoms with Crippen LogP contribution in [0.5, 0.6) is 0 Å². The van der Waals surface area contributed by atoms with E-state index in [1.165, 1.54) is 11.8 Å². The van der Waals surface area contributed by atoms with Crippen LogP contribution in [0.1, 0.15) is 6.92 Å². The number of thioether (sulfide) groups is 1. The van der Waals surface area contributed by atoms with Crippen LogP contribution in [0.4, 0.5) is 0 Å². The summed E-state index contributed by atoms with van der Waals surface area (Å²) in [6, 6.07) is -0.958. The van der Waals surface area contributed by atoms with Crippen LogP contribution in [0.15, 0.2) is 0 Å². The number of carbonyl (C=O) groups is 1. The summed E-state index contributed by atoms with van der Waals surface area (Å²) < 4.78 is 3.26. The maximum absolute atomic E-state index is 11.7. The van der Waals surface area contributed by atoms with Crippen LogP contribution < -0.4 is 5.32 Å². The number of amides is 1. The monoisotopic (exact) mass is 367 g/mol. The van der Waals surface area contributed by atoms with E-state index in [1.54, 1.807) is 0 Å². The molecule has 1 amide bonds. The van der Waals surface area contributed by atoms with Gasteiger partial charge < -0.3 is 25.4 Å². The molecular formula is C10H16Cl3NO5S. The molecule has 0 saturated carbocycles. The highest BCUT2D eigenvalue weighted by atomic mass is 35.6. The molecule has 0 aliphatic carbocycles. The summed E-state index contributed by atoms with van der Waals surface area (Å²) in [6.45, 7) is 1.40. The summed E-state index contributed by atoms with van der Waals surface area (Å²) in [4.78, 5) is 11.7. The summed E-state index contributed by atoms with van der Waals surface area (Å²) >= 11 is 17.7. The van der Waals surface area contributed by atoms with Gasteiger partial charge in [0.15, 0.2) is 0 Å². The molecule has 0 aromatic carbocycles. The molecule has 1 aliphatic rings. The van der Waals surface area contributed by atoms with Crippen molar-refractivity contribution in [2.75, 3.05) is 12.4 Å². The highest BCUT2D eigenvalue weighted by molar-refractivity contribution is 7.99. The largest absolute Gasteiger partial charge is 0.394 e. The summed E-state index contributed by atoms with van der Waals surface area (Å²) in [5.74, 6) is -0.294. The van der Waals surface area contributed by atoms with Gasteiger partial charge >= 0.3 is 0 Å². The van der Waals surface area contributed by atoms with E-state index in [4.69, 9.17) is 44.6 Å². The highest BCUT2D eigenvalue weighted by Crippen LogP contribution is 2.31.